The number of carbonyl (C=O) groups is 1. The van der Waals surface area contributed by atoms with E-state index in [1.807, 2.05) is 13.8 Å². The lowest BCUT2D eigenvalue weighted by Crippen LogP contribution is -1.97. The first-order chi connectivity index (χ1) is 4.75. The van der Waals surface area contributed by atoms with E-state index in [1.54, 1.807) is 0 Å². The van der Waals surface area contributed by atoms with Crippen molar-refractivity contribution >= 4 is 6.29 Å². The molecule has 1 heteroatoms. The molecular formula is C9H12O. The highest BCUT2D eigenvalue weighted by Gasteiger charge is 2.07. The average Bonchev–Trinajstić information content (AvgIpc) is 1.88. The van der Waals surface area contributed by atoms with Crippen molar-refractivity contribution < 1.29 is 4.79 Å². The van der Waals surface area contributed by atoms with E-state index in [4.69, 9.17) is 0 Å². The fourth-order valence-corrected chi connectivity index (χ4v) is 1.28. The zero-order chi connectivity index (χ0) is 7.56. The van der Waals surface area contributed by atoms with Gasteiger partial charge in [0, 0.05) is 5.57 Å². The van der Waals surface area contributed by atoms with Gasteiger partial charge in [-0.25, -0.2) is 0 Å². The molecule has 0 saturated heterocycles. The molecule has 0 aromatic rings. The van der Waals surface area contributed by atoms with E-state index in [2.05, 4.69) is 6.08 Å². The van der Waals surface area contributed by atoms with Crippen LogP contribution in [0.5, 0.6) is 0 Å². The van der Waals surface area contributed by atoms with Gasteiger partial charge in [-0.3, -0.25) is 4.79 Å². The summed E-state index contributed by atoms with van der Waals surface area (Å²) in [4.78, 5) is 10.5. The van der Waals surface area contributed by atoms with Gasteiger partial charge >= 0.3 is 0 Å². The molecule has 0 N–H and O–H groups in total. The third-order valence-corrected chi connectivity index (χ3v) is 1.97. The van der Waals surface area contributed by atoms with Gasteiger partial charge in [-0.05, 0) is 32.3 Å². The molecule has 0 aromatic carbocycles. The SMILES string of the molecule is CC1=CCCC(C)=C1C=O. The van der Waals surface area contributed by atoms with Gasteiger partial charge in [-0.1, -0.05) is 11.6 Å². The Morgan fingerprint density at radius 1 is 1.50 bits per heavy atom. The molecule has 0 bridgehead atoms. The van der Waals surface area contributed by atoms with Crippen LogP contribution in [0.1, 0.15) is 26.7 Å². The van der Waals surface area contributed by atoms with Gasteiger partial charge < -0.3 is 0 Å². The summed E-state index contributed by atoms with van der Waals surface area (Å²) in [5.74, 6) is 0. The van der Waals surface area contributed by atoms with Crippen molar-refractivity contribution in [3.05, 3.63) is 22.8 Å². The summed E-state index contributed by atoms with van der Waals surface area (Å²) in [6.07, 6.45) is 5.22. The molecule has 0 unspecified atom stereocenters. The van der Waals surface area contributed by atoms with Gasteiger partial charge in [-0.15, -0.1) is 0 Å². The molecule has 1 aliphatic rings. The molecule has 0 radical (unpaired) electrons. The number of allylic oxidation sites excluding steroid dienone is 4. The van der Waals surface area contributed by atoms with Crippen LogP contribution in [-0.4, -0.2) is 6.29 Å². The third kappa shape index (κ3) is 1.18. The topological polar surface area (TPSA) is 17.1 Å². The Labute approximate surface area is 61.4 Å². The molecule has 1 nitrogen and oxygen atoms in total. The summed E-state index contributed by atoms with van der Waals surface area (Å²) in [6, 6.07) is 0. The van der Waals surface area contributed by atoms with E-state index in [9.17, 15) is 4.79 Å². The summed E-state index contributed by atoms with van der Waals surface area (Å²) in [7, 11) is 0. The molecule has 0 atom stereocenters. The van der Waals surface area contributed by atoms with Crippen LogP contribution in [0, 0.1) is 0 Å². The summed E-state index contributed by atoms with van der Waals surface area (Å²) in [5, 5.41) is 0. The van der Waals surface area contributed by atoms with Crippen LogP contribution in [-0.2, 0) is 4.79 Å². The van der Waals surface area contributed by atoms with E-state index in [0.29, 0.717) is 0 Å². The van der Waals surface area contributed by atoms with Crippen molar-refractivity contribution in [2.24, 2.45) is 0 Å². The normalized spacial score (nSPS) is 18.8. The van der Waals surface area contributed by atoms with Crippen LogP contribution >= 0.6 is 0 Å². The minimum Gasteiger partial charge on any atom is -0.298 e. The summed E-state index contributed by atoms with van der Waals surface area (Å²) < 4.78 is 0. The second-order valence-electron chi connectivity index (χ2n) is 2.74. The minimum absolute atomic E-state index is 0.909. The van der Waals surface area contributed by atoms with Crippen molar-refractivity contribution in [3.63, 3.8) is 0 Å². The highest BCUT2D eigenvalue weighted by Crippen LogP contribution is 2.22. The lowest BCUT2D eigenvalue weighted by atomic mass is 9.94. The van der Waals surface area contributed by atoms with Gasteiger partial charge in [0.2, 0.25) is 0 Å². The number of aldehydes is 1. The largest absolute Gasteiger partial charge is 0.298 e. The third-order valence-electron chi connectivity index (χ3n) is 1.97. The van der Waals surface area contributed by atoms with Crippen molar-refractivity contribution in [1.29, 1.82) is 0 Å². The molecule has 1 aliphatic carbocycles. The molecule has 0 spiro atoms. The standard InChI is InChI=1S/C9H12O/c1-7-4-3-5-8(2)9(7)6-10/h4,6H,3,5H2,1-2H3. The first-order valence-electron chi connectivity index (χ1n) is 3.57. The fourth-order valence-electron chi connectivity index (χ4n) is 1.28. The summed E-state index contributed by atoms with van der Waals surface area (Å²) in [6.45, 7) is 4.02. The Balaban J connectivity index is 2.97. The van der Waals surface area contributed by atoms with Crippen molar-refractivity contribution in [3.8, 4) is 0 Å². The van der Waals surface area contributed by atoms with Crippen LogP contribution in [0.4, 0.5) is 0 Å². The van der Waals surface area contributed by atoms with E-state index >= 15 is 0 Å². The monoisotopic (exact) mass is 136 g/mol. The molecule has 0 amide bonds. The van der Waals surface area contributed by atoms with Gasteiger partial charge in [-0.2, -0.15) is 0 Å². The van der Waals surface area contributed by atoms with E-state index in [1.165, 1.54) is 5.57 Å². The molecular weight excluding hydrogens is 124 g/mol. The number of rotatable bonds is 1. The second-order valence-corrected chi connectivity index (χ2v) is 2.74. The lowest BCUT2D eigenvalue weighted by Gasteiger charge is -2.11. The Hall–Kier alpha value is -0.850. The lowest BCUT2D eigenvalue weighted by molar-refractivity contribution is -0.104. The second kappa shape index (κ2) is 2.82. The summed E-state index contributed by atoms with van der Waals surface area (Å²) in [5.41, 5.74) is 3.28. The van der Waals surface area contributed by atoms with Crippen molar-refractivity contribution in [2.75, 3.05) is 0 Å². The van der Waals surface area contributed by atoms with Gasteiger partial charge in [0.25, 0.3) is 0 Å². The van der Waals surface area contributed by atoms with Crippen molar-refractivity contribution in [2.45, 2.75) is 26.7 Å². The van der Waals surface area contributed by atoms with Crippen molar-refractivity contribution in [1.82, 2.24) is 0 Å². The predicted molar refractivity (Wildman–Crippen MR) is 41.8 cm³/mol. The maximum absolute atomic E-state index is 10.5. The predicted octanol–water partition coefficient (Wildman–Crippen LogP) is 2.24. The van der Waals surface area contributed by atoms with Crippen LogP contribution in [0.15, 0.2) is 22.8 Å². The number of carbonyl (C=O) groups excluding carboxylic acids is 1. The molecule has 0 heterocycles. The number of hydrogen-bond acceptors (Lipinski definition) is 1. The molecule has 10 heavy (non-hydrogen) atoms. The average molecular weight is 136 g/mol. The van der Waals surface area contributed by atoms with Gasteiger partial charge in [0.15, 0.2) is 0 Å². The van der Waals surface area contributed by atoms with Crippen LogP contribution < -0.4 is 0 Å². The Morgan fingerprint density at radius 2 is 2.20 bits per heavy atom. The summed E-state index contributed by atoms with van der Waals surface area (Å²) >= 11 is 0. The highest BCUT2D eigenvalue weighted by molar-refractivity contribution is 5.81. The van der Waals surface area contributed by atoms with Gasteiger partial charge in [0.05, 0.1) is 0 Å². The first kappa shape index (κ1) is 7.26. The Kier molecular flexibility index (Phi) is 2.05. The van der Waals surface area contributed by atoms with Crippen LogP contribution in [0.2, 0.25) is 0 Å². The zero-order valence-electron chi connectivity index (χ0n) is 6.48. The minimum atomic E-state index is 0.909. The maximum Gasteiger partial charge on any atom is 0.150 e. The smallest absolute Gasteiger partial charge is 0.150 e. The molecule has 0 saturated carbocycles. The Morgan fingerprint density at radius 3 is 2.60 bits per heavy atom. The van der Waals surface area contributed by atoms with Crippen LogP contribution in [0.3, 0.4) is 0 Å². The molecule has 1 rings (SSSR count). The zero-order valence-corrected chi connectivity index (χ0v) is 6.48. The Bertz CT molecular complexity index is 209. The van der Waals surface area contributed by atoms with Crippen LogP contribution in [0.25, 0.3) is 0 Å². The van der Waals surface area contributed by atoms with E-state index in [0.717, 1.165) is 30.3 Å². The fraction of sp³-hybridized carbons (Fsp3) is 0.444. The first-order valence-corrected chi connectivity index (χ1v) is 3.57. The molecule has 54 valence electrons. The maximum atomic E-state index is 10.5. The quantitative estimate of drug-likeness (QED) is 0.505. The van der Waals surface area contributed by atoms with E-state index < -0.39 is 0 Å². The number of hydrogen-bond donors (Lipinski definition) is 0. The van der Waals surface area contributed by atoms with Gasteiger partial charge in [0.1, 0.15) is 6.29 Å². The molecule has 0 aliphatic heterocycles. The molecule has 0 aromatic heterocycles. The van der Waals surface area contributed by atoms with E-state index in [-0.39, 0.29) is 0 Å². The molecule has 0 fully saturated rings. The highest BCUT2D eigenvalue weighted by atomic mass is 16.1.